The van der Waals surface area contributed by atoms with E-state index in [4.69, 9.17) is 33.7 Å². The van der Waals surface area contributed by atoms with Gasteiger partial charge in [-0.2, -0.15) is 0 Å². The molecular weight excluding hydrogens is 761 g/mol. The first-order valence-corrected chi connectivity index (χ1v) is 23.4. The van der Waals surface area contributed by atoms with E-state index < -0.39 is 30.1 Å². The number of hydrogen-bond acceptors (Lipinski definition) is 10. The molecule has 2 aliphatic heterocycles. The fraction of sp³-hybridized carbons (Fsp3) is 0.714. The lowest BCUT2D eigenvalue weighted by molar-refractivity contribution is -0.254. The number of allylic oxidation sites excluding steroid dienone is 1. The highest BCUT2D eigenvalue weighted by Gasteiger charge is 2.65. The van der Waals surface area contributed by atoms with Gasteiger partial charge in [-0.15, -0.1) is 6.58 Å². The van der Waals surface area contributed by atoms with Gasteiger partial charge in [0.05, 0.1) is 31.5 Å². The molecule has 1 aromatic rings. The van der Waals surface area contributed by atoms with Crippen LogP contribution in [0.2, 0.25) is 0 Å². The van der Waals surface area contributed by atoms with E-state index in [-0.39, 0.29) is 37.6 Å². The molecule has 0 bridgehead atoms. The Morgan fingerprint density at radius 3 is 2.33 bits per heavy atom. The summed E-state index contributed by atoms with van der Waals surface area (Å²) in [4.78, 5) is 22.0. The van der Waals surface area contributed by atoms with E-state index in [0.29, 0.717) is 50.6 Å². The molecule has 0 radical (unpaired) electrons. The van der Waals surface area contributed by atoms with E-state index in [0.717, 1.165) is 81.1 Å². The second kappa shape index (κ2) is 25.5. The second-order valence-corrected chi connectivity index (χ2v) is 17.2. The van der Waals surface area contributed by atoms with E-state index in [1.807, 2.05) is 12.1 Å². The normalized spacial score (nSPS) is 26.3. The summed E-state index contributed by atoms with van der Waals surface area (Å²) < 4.78 is 32.3. The molecule has 4 aliphatic rings. The number of unbranched alkanes of at least 4 members (excludes halogenated alkanes) is 11. The summed E-state index contributed by atoms with van der Waals surface area (Å²) in [5.41, 5.74) is 2.73. The van der Waals surface area contributed by atoms with Crippen molar-refractivity contribution in [2.45, 2.75) is 159 Å². The quantitative estimate of drug-likeness (QED) is 0.0481. The highest BCUT2D eigenvalue weighted by atomic mass is 16.8. The topological polar surface area (TPSA) is 129 Å². The smallest absolute Gasteiger partial charge is 0.409 e. The van der Waals surface area contributed by atoms with Crippen LogP contribution in [0, 0.1) is 17.8 Å². The fourth-order valence-electron chi connectivity index (χ4n) is 9.87. The first-order chi connectivity index (χ1) is 29.4. The molecule has 1 aromatic carbocycles. The monoisotopic (exact) mass is 837 g/mol. The number of fused-ring (bicyclic) bond motifs is 2. The van der Waals surface area contributed by atoms with Crippen molar-refractivity contribution in [3.8, 4) is 11.5 Å². The van der Waals surface area contributed by atoms with Gasteiger partial charge in [-0.1, -0.05) is 108 Å². The number of rotatable bonds is 28. The van der Waals surface area contributed by atoms with Gasteiger partial charge in [0.1, 0.15) is 24.1 Å². The Balaban J connectivity index is 1.52. The van der Waals surface area contributed by atoms with Gasteiger partial charge in [-0.25, -0.2) is 4.79 Å². The van der Waals surface area contributed by atoms with Gasteiger partial charge in [0, 0.05) is 44.6 Å². The number of likely N-dealkylation sites (N-methyl/N-ethyl adjacent to an activating group) is 1. The van der Waals surface area contributed by atoms with Crippen LogP contribution in [0.5, 0.6) is 11.5 Å². The van der Waals surface area contributed by atoms with Crippen LogP contribution in [-0.4, -0.2) is 91.7 Å². The average Bonchev–Trinajstić information content (AvgIpc) is 3.27. The molecule has 2 fully saturated rings. The fourth-order valence-corrected chi connectivity index (χ4v) is 9.87. The van der Waals surface area contributed by atoms with E-state index in [9.17, 15) is 15.0 Å². The maximum atomic E-state index is 14.2. The Hall–Kier alpha value is -3.38. The molecule has 2 aliphatic carbocycles. The summed E-state index contributed by atoms with van der Waals surface area (Å²) in [6.45, 7) is 11.9. The zero-order valence-electron chi connectivity index (χ0n) is 36.9. The highest BCUT2D eigenvalue weighted by molar-refractivity contribution is 6.02. The number of hydrogen-bond donors (Lipinski definition) is 2. The number of aliphatic hydroxyl groups is 2. The molecule has 7 atom stereocenters. The Kier molecular flexibility index (Phi) is 20.3. The van der Waals surface area contributed by atoms with E-state index >= 15 is 0 Å². The van der Waals surface area contributed by atoms with Crippen molar-refractivity contribution in [3.63, 3.8) is 0 Å². The number of ether oxygens (including phenoxy) is 5. The number of carbonyl (C=O) groups is 1. The second-order valence-electron chi connectivity index (χ2n) is 17.2. The summed E-state index contributed by atoms with van der Waals surface area (Å²) in [6, 6.07) is 5.31. The van der Waals surface area contributed by atoms with Crippen LogP contribution < -0.4 is 9.47 Å². The number of oxime groups is 1. The maximum absolute atomic E-state index is 14.2. The van der Waals surface area contributed by atoms with Gasteiger partial charge in [-0.3, -0.25) is 0 Å². The van der Waals surface area contributed by atoms with Crippen molar-refractivity contribution in [1.82, 2.24) is 4.90 Å². The van der Waals surface area contributed by atoms with Crippen LogP contribution >= 0.6 is 0 Å². The minimum atomic E-state index is -1.34. The van der Waals surface area contributed by atoms with Crippen molar-refractivity contribution in [2.24, 2.45) is 22.9 Å². The Morgan fingerprint density at radius 2 is 1.65 bits per heavy atom. The summed E-state index contributed by atoms with van der Waals surface area (Å²) >= 11 is 0. The van der Waals surface area contributed by atoms with Crippen molar-refractivity contribution < 1.29 is 43.5 Å². The first kappa shape index (κ1) is 47.7. The summed E-state index contributed by atoms with van der Waals surface area (Å²) in [7, 11) is 1.78. The third-order valence-corrected chi connectivity index (χ3v) is 12.9. The van der Waals surface area contributed by atoms with E-state index in [1.54, 1.807) is 24.1 Å². The zero-order chi connectivity index (χ0) is 42.6. The predicted octanol–water partition coefficient (Wildman–Crippen LogP) is 10.4. The van der Waals surface area contributed by atoms with Crippen molar-refractivity contribution >= 4 is 11.8 Å². The lowest BCUT2D eigenvalue weighted by atomic mass is 9.55. The molecule has 336 valence electrons. The molecule has 0 spiro atoms. The van der Waals surface area contributed by atoms with Crippen LogP contribution in [0.25, 0.3) is 0 Å². The predicted molar refractivity (Wildman–Crippen MR) is 236 cm³/mol. The minimum Gasteiger partial charge on any atom is -0.490 e. The summed E-state index contributed by atoms with van der Waals surface area (Å²) in [6.07, 6.45) is 24.8. The van der Waals surface area contributed by atoms with Gasteiger partial charge in [0.25, 0.3) is 0 Å². The van der Waals surface area contributed by atoms with Gasteiger partial charge >= 0.3 is 6.09 Å². The third-order valence-electron chi connectivity index (χ3n) is 12.9. The number of benzene rings is 1. The van der Waals surface area contributed by atoms with Gasteiger partial charge in [0.2, 0.25) is 12.1 Å². The van der Waals surface area contributed by atoms with Crippen molar-refractivity contribution in [1.29, 1.82) is 0 Å². The molecule has 11 nitrogen and oxygen atoms in total. The highest BCUT2D eigenvalue weighted by Crippen LogP contribution is 2.62. The molecule has 2 heterocycles. The number of carbonyl (C=O) groups excluding carboxylic acids is 1. The summed E-state index contributed by atoms with van der Waals surface area (Å²) in [5.74, 6) is -0.244. The first-order valence-electron chi connectivity index (χ1n) is 23.4. The molecule has 1 saturated carbocycles. The molecule has 5 rings (SSSR count). The minimum absolute atomic E-state index is 0.115. The van der Waals surface area contributed by atoms with E-state index in [1.165, 1.54) is 44.9 Å². The number of nitrogens with zero attached hydrogens (tertiary/aromatic N) is 2. The molecule has 60 heavy (non-hydrogen) atoms. The standard InChI is InChI=1S/C49H76N2O9/c1-5-8-9-10-11-12-13-14-15-21-33-57-48(54)51(4)44-36-42(50-60-45-25-18-22-32-56-45)40-34-37(23-16-19-28-52)39(24-17-20-29-53)46-41-35-38(55-30-6-2)26-27-43(41)59-49(44,47(40)46)58-31-7-3/h6-7,26-27,34-35,37,39,44-47,52-53H,2-3,5,8-25,28-33,36H2,1,4H3/t37-,39+,44-,45?,46+,47+,49+/m0/s1. The van der Waals surface area contributed by atoms with Crippen LogP contribution in [0.1, 0.15) is 147 Å². The molecule has 1 saturated heterocycles. The number of aliphatic hydroxyl groups excluding tert-OH is 2. The zero-order valence-corrected chi connectivity index (χ0v) is 36.9. The van der Waals surface area contributed by atoms with Crippen LogP contribution in [-0.2, 0) is 19.0 Å². The Bertz CT molecular complexity index is 1530. The third kappa shape index (κ3) is 12.6. The molecule has 2 N–H and O–H groups in total. The molecular formula is C49H76N2O9. The van der Waals surface area contributed by atoms with Crippen molar-refractivity contribution in [3.05, 3.63) is 60.7 Å². The molecule has 1 unspecified atom stereocenters. The van der Waals surface area contributed by atoms with Gasteiger partial charge in [-0.05, 0) is 80.6 Å². The lowest BCUT2D eigenvalue weighted by Crippen LogP contribution is -2.69. The summed E-state index contributed by atoms with van der Waals surface area (Å²) in [5, 5.41) is 24.6. The largest absolute Gasteiger partial charge is 0.490 e. The van der Waals surface area contributed by atoms with Crippen LogP contribution in [0.3, 0.4) is 0 Å². The van der Waals surface area contributed by atoms with Crippen molar-refractivity contribution in [2.75, 3.05) is 46.7 Å². The van der Waals surface area contributed by atoms with Crippen LogP contribution in [0.4, 0.5) is 4.79 Å². The van der Waals surface area contributed by atoms with Gasteiger partial charge in [0.15, 0.2) is 0 Å². The Labute approximate surface area is 360 Å². The van der Waals surface area contributed by atoms with Crippen LogP contribution in [0.15, 0.2) is 60.3 Å². The number of amides is 1. The van der Waals surface area contributed by atoms with E-state index in [2.05, 4.69) is 32.2 Å². The molecule has 1 amide bonds. The SMILES string of the molecule is C=CCOc1ccc2c(c1)[C@H]1[C@H](CCCCO)[C@@H](CCCCO)C=C3C(=NOC4CCCCO4)C[C@H](N(C)C(=O)OCCCCCCCCCCCC)[C@@](OCC=C)(O2)[C@H]31. The molecule has 11 heteroatoms. The van der Waals surface area contributed by atoms with Gasteiger partial charge < -0.3 is 43.6 Å². The maximum Gasteiger partial charge on any atom is 0.409 e. The average molecular weight is 837 g/mol. The molecule has 0 aromatic heterocycles. The Morgan fingerprint density at radius 1 is 0.933 bits per heavy atom. The lowest BCUT2D eigenvalue weighted by Gasteiger charge is -2.59.